The molecule has 0 saturated carbocycles. The van der Waals surface area contributed by atoms with Crippen LogP contribution < -0.4 is 5.73 Å². The summed E-state index contributed by atoms with van der Waals surface area (Å²) in [4.78, 5) is 12.5. The third-order valence-electron chi connectivity index (χ3n) is 3.60. The number of halogens is 1. The molecule has 0 amide bonds. The number of nitrogen functional groups attached to an aromatic ring is 1. The Labute approximate surface area is 117 Å². The van der Waals surface area contributed by atoms with Crippen LogP contribution in [0.3, 0.4) is 0 Å². The Morgan fingerprint density at radius 2 is 1.84 bits per heavy atom. The number of nitrogens with two attached hydrogens (primary N) is 1. The Bertz CT molecular complexity index is 664. The van der Waals surface area contributed by atoms with Crippen molar-refractivity contribution >= 4 is 23.1 Å². The molecule has 0 atom stereocenters. The number of hydrogen-bond acceptors (Lipinski definition) is 2. The second kappa shape index (κ2) is 4.71. The number of anilines is 1. The van der Waals surface area contributed by atoms with Crippen LogP contribution >= 0.6 is 11.6 Å². The molecule has 19 heavy (non-hydrogen) atoms. The average Bonchev–Trinajstić information content (AvgIpc) is 2.88. The molecule has 1 aliphatic carbocycles. The zero-order valence-electron chi connectivity index (χ0n) is 10.4. The lowest BCUT2D eigenvalue weighted by atomic mass is 9.99. The predicted octanol–water partition coefficient (Wildman–Crippen LogP) is 3.64. The molecule has 0 radical (unpaired) electrons. The van der Waals surface area contributed by atoms with Gasteiger partial charge in [-0.25, -0.2) is 0 Å². The van der Waals surface area contributed by atoms with Crippen molar-refractivity contribution in [1.82, 2.24) is 0 Å². The monoisotopic (exact) mass is 271 g/mol. The van der Waals surface area contributed by atoms with Crippen molar-refractivity contribution in [2.24, 2.45) is 0 Å². The van der Waals surface area contributed by atoms with Crippen LogP contribution in [-0.4, -0.2) is 5.78 Å². The van der Waals surface area contributed by atoms with E-state index in [0.717, 1.165) is 12.8 Å². The average molecular weight is 272 g/mol. The number of hydrogen-bond donors (Lipinski definition) is 1. The van der Waals surface area contributed by atoms with Gasteiger partial charge in [-0.3, -0.25) is 4.79 Å². The second-order valence-corrected chi connectivity index (χ2v) is 5.31. The predicted molar refractivity (Wildman–Crippen MR) is 77.8 cm³/mol. The number of carbonyl (C=O) groups is 1. The van der Waals surface area contributed by atoms with Gasteiger partial charge in [0.2, 0.25) is 0 Å². The van der Waals surface area contributed by atoms with Crippen molar-refractivity contribution in [3.63, 3.8) is 0 Å². The van der Waals surface area contributed by atoms with E-state index in [4.69, 9.17) is 17.3 Å². The topological polar surface area (TPSA) is 43.1 Å². The summed E-state index contributed by atoms with van der Waals surface area (Å²) in [7, 11) is 0. The molecule has 0 unspecified atom stereocenters. The fraction of sp³-hybridized carbons (Fsp3) is 0.188. The Balaban J connectivity index is 2.02. The summed E-state index contributed by atoms with van der Waals surface area (Å²) in [5, 5.41) is 0.444. The van der Waals surface area contributed by atoms with Gasteiger partial charge < -0.3 is 5.73 Å². The molecule has 2 aromatic rings. The van der Waals surface area contributed by atoms with E-state index in [0.29, 0.717) is 21.8 Å². The highest BCUT2D eigenvalue weighted by Crippen LogP contribution is 2.26. The van der Waals surface area contributed by atoms with Crippen LogP contribution in [0.4, 0.5) is 5.69 Å². The Morgan fingerprint density at radius 3 is 2.68 bits per heavy atom. The first-order valence-corrected chi connectivity index (χ1v) is 6.74. The van der Waals surface area contributed by atoms with Crippen molar-refractivity contribution in [3.8, 4) is 0 Å². The quantitative estimate of drug-likeness (QED) is 0.669. The molecule has 3 rings (SSSR count). The van der Waals surface area contributed by atoms with Gasteiger partial charge in [-0.2, -0.15) is 0 Å². The van der Waals surface area contributed by atoms with E-state index in [1.165, 1.54) is 17.5 Å². The summed E-state index contributed by atoms with van der Waals surface area (Å²) in [6, 6.07) is 10.9. The van der Waals surface area contributed by atoms with Crippen LogP contribution in [0.1, 0.15) is 33.5 Å². The lowest BCUT2D eigenvalue weighted by Gasteiger charge is -2.07. The molecule has 0 fully saturated rings. The minimum absolute atomic E-state index is 0.0630. The zero-order valence-corrected chi connectivity index (χ0v) is 11.2. The third-order valence-corrected chi connectivity index (χ3v) is 3.93. The van der Waals surface area contributed by atoms with Gasteiger partial charge in [0, 0.05) is 16.8 Å². The summed E-state index contributed by atoms with van der Waals surface area (Å²) in [5.41, 5.74) is 10.1. The molecule has 0 heterocycles. The molecular weight excluding hydrogens is 258 g/mol. The minimum Gasteiger partial charge on any atom is -0.399 e. The molecule has 0 aliphatic heterocycles. The van der Waals surface area contributed by atoms with Crippen molar-refractivity contribution in [3.05, 3.63) is 63.7 Å². The van der Waals surface area contributed by atoms with Crippen molar-refractivity contribution < 1.29 is 4.79 Å². The van der Waals surface area contributed by atoms with Gasteiger partial charge in [-0.05, 0) is 54.7 Å². The molecule has 1 aliphatic rings. The van der Waals surface area contributed by atoms with E-state index in [9.17, 15) is 4.79 Å². The van der Waals surface area contributed by atoms with Gasteiger partial charge in [0.25, 0.3) is 0 Å². The Morgan fingerprint density at radius 1 is 1.05 bits per heavy atom. The largest absolute Gasteiger partial charge is 0.399 e. The van der Waals surface area contributed by atoms with E-state index in [1.807, 2.05) is 12.1 Å². The highest BCUT2D eigenvalue weighted by Gasteiger charge is 2.17. The van der Waals surface area contributed by atoms with Gasteiger partial charge in [0.15, 0.2) is 5.78 Å². The first-order chi connectivity index (χ1) is 9.15. The maximum Gasteiger partial charge on any atom is 0.194 e. The van der Waals surface area contributed by atoms with E-state index in [-0.39, 0.29) is 5.78 Å². The number of fused-ring (bicyclic) bond motifs is 1. The fourth-order valence-electron chi connectivity index (χ4n) is 2.59. The van der Waals surface area contributed by atoms with Crippen LogP contribution in [0.5, 0.6) is 0 Å². The first kappa shape index (κ1) is 12.2. The highest BCUT2D eigenvalue weighted by molar-refractivity contribution is 6.35. The molecule has 2 nitrogen and oxygen atoms in total. The van der Waals surface area contributed by atoms with Crippen LogP contribution in [0, 0.1) is 0 Å². The maximum absolute atomic E-state index is 12.5. The van der Waals surface area contributed by atoms with Crippen LogP contribution in [-0.2, 0) is 12.8 Å². The van der Waals surface area contributed by atoms with Gasteiger partial charge in [0.1, 0.15) is 0 Å². The molecule has 3 heteroatoms. The summed E-state index contributed by atoms with van der Waals surface area (Å²) < 4.78 is 0. The molecule has 0 spiro atoms. The number of rotatable bonds is 2. The van der Waals surface area contributed by atoms with Crippen molar-refractivity contribution in [2.75, 3.05) is 5.73 Å². The molecule has 0 saturated heterocycles. The molecule has 0 bridgehead atoms. The summed E-state index contributed by atoms with van der Waals surface area (Å²) in [5.74, 6) is -0.0630. The normalized spacial score (nSPS) is 13.3. The molecule has 2 aromatic carbocycles. The Hall–Kier alpha value is -1.80. The van der Waals surface area contributed by atoms with Gasteiger partial charge in [0.05, 0.1) is 5.02 Å². The standard InChI is InChI=1S/C16H14ClNO/c17-15-7-6-13(18)9-14(15)16(19)12-5-4-10-2-1-3-11(10)8-12/h4-9H,1-3,18H2. The first-order valence-electron chi connectivity index (χ1n) is 6.36. The Kier molecular flexibility index (Phi) is 3.03. The SMILES string of the molecule is Nc1ccc(Cl)c(C(=O)c2ccc3c(c2)CCC3)c1. The lowest BCUT2D eigenvalue weighted by Crippen LogP contribution is -2.04. The van der Waals surface area contributed by atoms with Gasteiger partial charge in [-0.1, -0.05) is 23.7 Å². The van der Waals surface area contributed by atoms with E-state index in [1.54, 1.807) is 18.2 Å². The molecule has 0 aromatic heterocycles. The van der Waals surface area contributed by atoms with Crippen molar-refractivity contribution in [2.45, 2.75) is 19.3 Å². The molecule has 96 valence electrons. The number of aryl methyl sites for hydroxylation is 2. The third kappa shape index (κ3) is 2.24. The van der Waals surface area contributed by atoms with Crippen LogP contribution in [0.15, 0.2) is 36.4 Å². The van der Waals surface area contributed by atoms with Gasteiger partial charge in [-0.15, -0.1) is 0 Å². The summed E-state index contributed by atoms with van der Waals surface area (Å²) in [6.07, 6.45) is 3.34. The molecular formula is C16H14ClNO. The van der Waals surface area contributed by atoms with Crippen LogP contribution in [0.2, 0.25) is 5.02 Å². The summed E-state index contributed by atoms with van der Waals surface area (Å²) >= 11 is 6.08. The summed E-state index contributed by atoms with van der Waals surface area (Å²) in [6.45, 7) is 0. The molecule has 2 N–H and O–H groups in total. The number of carbonyl (C=O) groups excluding carboxylic acids is 1. The number of ketones is 1. The van der Waals surface area contributed by atoms with Crippen LogP contribution in [0.25, 0.3) is 0 Å². The van der Waals surface area contributed by atoms with E-state index in [2.05, 4.69) is 6.07 Å². The smallest absolute Gasteiger partial charge is 0.194 e. The fourth-order valence-corrected chi connectivity index (χ4v) is 2.79. The maximum atomic E-state index is 12.5. The highest BCUT2D eigenvalue weighted by atomic mass is 35.5. The number of benzene rings is 2. The van der Waals surface area contributed by atoms with E-state index >= 15 is 0 Å². The minimum atomic E-state index is -0.0630. The van der Waals surface area contributed by atoms with Gasteiger partial charge >= 0.3 is 0 Å². The van der Waals surface area contributed by atoms with Crippen molar-refractivity contribution in [1.29, 1.82) is 0 Å². The second-order valence-electron chi connectivity index (χ2n) is 4.91. The zero-order chi connectivity index (χ0) is 13.4. The lowest BCUT2D eigenvalue weighted by molar-refractivity contribution is 0.103. The van der Waals surface area contributed by atoms with E-state index < -0.39 is 0 Å².